The summed E-state index contributed by atoms with van der Waals surface area (Å²) in [5.74, 6) is -0.502. The van der Waals surface area contributed by atoms with E-state index >= 15 is 0 Å². The van der Waals surface area contributed by atoms with Crippen molar-refractivity contribution in [2.75, 3.05) is 19.1 Å². The van der Waals surface area contributed by atoms with Gasteiger partial charge in [0.1, 0.15) is 0 Å². The number of nitrogens with zero attached hydrogens (tertiary/aromatic N) is 1. The van der Waals surface area contributed by atoms with E-state index < -0.39 is 22.0 Å². The van der Waals surface area contributed by atoms with E-state index in [1.54, 1.807) is 48.5 Å². The third kappa shape index (κ3) is 5.67. The first kappa shape index (κ1) is 26.4. The van der Waals surface area contributed by atoms with Crippen molar-refractivity contribution in [1.82, 2.24) is 0 Å². The number of amides is 1. The Morgan fingerprint density at radius 2 is 1.59 bits per heavy atom. The van der Waals surface area contributed by atoms with Crippen LogP contribution in [0.2, 0.25) is 0 Å². The van der Waals surface area contributed by atoms with Crippen molar-refractivity contribution in [3.05, 3.63) is 82.8 Å². The van der Waals surface area contributed by atoms with Gasteiger partial charge in [-0.2, -0.15) is 8.42 Å². The van der Waals surface area contributed by atoms with Crippen LogP contribution in [0.3, 0.4) is 0 Å². The van der Waals surface area contributed by atoms with Gasteiger partial charge in [0.15, 0.2) is 15.8 Å². The van der Waals surface area contributed by atoms with Crippen LogP contribution >= 0.6 is 24.0 Å². The molecular formula is C25H19NO8S3. The van der Waals surface area contributed by atoms with Crippen LogP contribution < -0.4 is 19.1 Å². The van der Waals surface area contributed by atoms with E-state index in [1.807, 2.05) is 0 Å². The molecule has 0 radical (unpaired) electrons. The summed E-state index contributed by atoms with van der Waals surface area (Å²) >= 11 is 6.42. The molecule has 0 unspecified atom stereocenters. The highest BCUT2D eigenvalue weighted by Crippen LogP contribution is 2.41. The highest BCUT2D eigenvalue weighted by Gasteiger charge is 2.33. The Morgan fingerprint density at radius 3 is 2.14 bits per heavy atom. The van der Waals surface area contributed by atoms with Crippen molar-refractivity contribution in [3.63, 3.8) is 0 Å². The number of ether oxygens (including phenoxy) is 3. The first-order chi connectivity index (χ1) is 17.6. The summed E-state index contributed by atoms with van der Waals surface area (Å²) in [6, 6.07) is 16.7. The largest absolute Gasteiger partial charge is 0.493 e. The average Bonchev–Trinajstić information content (AvgIpc) is 3.16. The second-order valence-corrected chi connectivity index (χ2v) is 10.6. The van der Waals surface area contributed by atoms with E-state index in [0.29, 0.717) is 21.7 Å². The second-order valence-electron chi connectivity index (χ2n) is 7.50. The van der Waals surface area contributed by atoms with Gasteiger partial charge in [-0.05, 0) is 60.2 Å². The number of hydrogen-bond donors (Lipinski definition) is 1. The molecule has 12 heteroatoms. The number of hydrogen-bond acceptors (Lipinski definition) is 9. The highest BCUT2D eigenvalue weighted by atomic mass is 32.2. The molecule has 1 heterocycles. The fourth-order valence-electron chi connectivity index (χ4n) is 3.42. The van der Waals surface area contributed by atoms with E-state index in [0.717, 1.165) is 11.8 Å². The molecule has 1 saturated heterocycles. The molecule has 0 spiro atoms. The van der Waals surface area contributed by atoms with Crippen LogP contribution in [-0.4, -0.2) is 43.4 Å². The number of thioether (sulfide) groups is 1. The standard InChI is InChI=1S/C25H19NO8S3/c1-32-19-12-15(13-20(33-2)22(19)34-24(28)16-6-4-3-5-7-16)14-21-23(27)26(25(35)36-21)17-8-10-18(11-9-17)37(29,30)31/h3-14H,1-2H3,(H,29,30,31). The van der Waals surface area contributed by atoms with Crippen LogP contribution in [0.5, 0.6) is 17.2 Å². The van der Waals surface area contributed by atoms with Crippen LogP contribution in [0.25, 0.3) is 6.08 Å². The van der Waals surface area contributed by atoms with Crippen molar-refractivity contribution in [1.29, 1.82) is 0 Å². The van der Waals surface area contributed by atoms with Crippen molar-refractivity contribution in [2.24, 2.45) is 0 Å². The lowest BCUT2D eigenvalue weighted by Crippen LogP contribution is -2.27. The topological polar surface area (TPSA) is 119 Å². The molecule has 0 aliphatic carbocycles. The number of thiocarbonyl (C=S) groups is 1. The van der Waals surface area contributed by atoms with Crippen LogP contribution in [-0.2, 0) is 14.9 Å². The molecule has 1 aliphatic rings. The summed E-state index contributed by atoms with van der Waals surface area (Å²) in [7, 11) is -1.55. The highest BCUT2D eigenvalue weighted by molar-refractivity contribution is 8.27. The Balaban J connectivity index is 1.63. The molecule has 1 N–H and O–H groups in total. The Kier molecular flexibility index (Phi) is 7.64. The molecule has 3 aromatic rings. The lowest BCUT2D eigenvalue weighted by atomic mass is 10.1. The monoisotopic (exact) mass is 557 g/mol. The number of carbonyl (C=O) groups excluding carboxylic acids is 2. The van der Waals surface area contributed by atoms with Gasteiger partial charge < -0.3 is 14.2 Å². The number of anilines is 1. The fourth-order valence-corrected chi connectivity index (χ4v) is 5.20. The summed E-state index contributed by atoms with van der Waals surface area (Å²) in [6.07, 6.45) is 1.58. The van der Waals surface area contributed by atoms with Gasteiger partial charge in [0, 0.05) is 0 Å². The van der Waals surface area contributed by atoms with Crippen molar-refractivity contribution in [3.8, 4) is 17.2 Å². The zero-order valence-corrected chi connectivity index (χ0v) is 21.9. The predicted octanol–water partition coefficient (Wildman–Crippen LogP) is 4.58. The van der Waals surface area contributed by atoms with Gasteiger partial charge in [-0.25, -0.2) is 4.79 Å². The normalized spacial score (nSPS) is 14.7. The van der Waals surface area contributed by atoms with Crippen molar-refractivity contribution in [2.45, 2.75) is 4.90 Å². The van der Waals surface area contributed by atoms with Gasteiger partial charge in [-0.3, -0.25) is 14.2 Å². The molecule has 1 fully saturated rings. The van der Waals surface area contributed by atoms with Crippen LogP contribution in [0.15, 0.2) is 76.5 Å². The van der Waals surface area contributed by atoms with Gasteiger partial charge >= 0.3 is 5.97 Å². The lowest BCUT2D eigenvalue weighted by molar-refractivity contribution is -0.113. The van der Waals surface area contributed by atoms with E-state index in [-0.39, 0.29) is 26.5 Å². The minimum Gasteiger partial charge on any atom is -0.493 e. The molecule has 1 amide bonds. The number of rotatable bonds is 7. The van der Waals surface area contributed by atoms with Gasteiger partial charge in [0.2, 0.25) is 5.75 Å². The van der Waals surface area contributed by atoms with Crippen molar-refractivity contribution < 1.29 is 36.8 Å². The van der Waals surface area contributed by atoms with Gasteiger partial charge in [-0.15, -0.1) is 0 Å². The molecule has 0 saturated carbocycles. The van der Waals surface area contributed by atoms with Gasteiger partial charge in [-0.1, -0.05) is 42.2 Å². The number of esters is 1. The number of methoxy groups -OCH3 is 2. The second kappa shape index (κ2) is 10.7. The molecule has 1 aliphatic heterocycles. The SMILES string of the molecule is COc1cc(C=C2SC(=S)N(c3ccc(S(=O)(=O)O)cc3)C2=O)cc(OC)c1OC(=O)c1ccccc1. The van der Waals surface area contributed by atoms with Gasteiger partial charge in [0.25, 0.3) is 16.0 Å². The molecular weight excluding hydrogens is 538 g/mol. The maximum Gasteiger partial charge on any atom is 0.343 e. The maximum absolute atomic E-state index is 13.1. The average molecular weight is 558 g/mol. The van der Waals surface area contributed by atoms with Crippen molar-refractivity contribution >= 4 is 62.1 Å². The molecule has 190 valence electrons. The third-order valence-corrected chi connectivity index (χ3v) is 7.34. The summed E-state index contributed by atoms with van der Waals surface area (Å²) in [6.45, 7) is 0. The molecule has 37 heavy (non-hydrogen) atoms. The quantitative estimate of drug-likeness (QED) is 0.145. The lowest BCUT2D eigenvalue weighted by Gasteiger charge is -2.15. The Morgan fingerprint density at radius 1 is 1.00 bits per heavy atom. The smallest absolute Gasteiger partial charge is 0.343 e. The molecule has 9 nitrogen and oxygen atoms in total. The first-order valence-electron chi connectivity index (χ1n) is 10.5. The third-order valence-electron chi connectivity index (χ3n) is 5.17. The zero-order chi connectivity index (χ0) is 26.7. The van der Waals surface area contributed by atoms with E-state index in [9.17, 15) is 22.6 Å². The van der Waals surface area contributed by atoms with Crippen LogP contribution in [0, 0.1) is 0 Å². The molecule has 0 atom stereocenters. The van der Waals surface area contributed by atoms with E-state index in [4.69, 9.17) is 26.4 Å². The summed E-state index contributed by atoms with van der Waals surface area (Å²) < 4.78 is 48.4. The first-order valence-corrected chi connectivity index (χ1v) is 13.2. The Hall–Kier alpha value is -3.71. The predicted molar refractivity (Wildman–Crippen MR) is 143 cm³/mol. The minimum absolute atomic E-state index is 0.0856. The van der Waals surface area contributed by atoms with E-state index in [2.05, 4.69) is 0 Å². The maximum atomic E-state index is 13.1. The van der Waals surface area contributed by atoms with E-state index in [1.165, 1.54) is 43.4 Å². The Bertz CT molecular complexity index is 1490. The summed E-state index contributed by atoms with van der Waals surface area (Å²) in [4.78, 5) is 27.0. The molecule has 3 aromatic carbocycles. The summed E-state index contributed by atoms with van der Waals surface area (Å²) in [5, 5.41) is 0. The molecule has 0 aromatic heterocycles. The summed E-state index contributed by atoms with van der Waals surface area (Å²) in [5.41, 5.74) is 1.22. The number of benzene rings is 3. The molecule has 4 rings (SSSR count). The molecule has 0 bridgehead atoms. The van der Waals surface area contributed by atoms with Crippen LogP contribution in [0.4, 0.5) is 5.69 Å². The Labute approximate surface area is 222 Å². The zero-order valence-electron chi connectivity index (χ0n) is 19.4. The minimum atomic E-state index is -4.37. The van der Waals surface area contributed by atoms with Crippen LogP contribution in [0.1, 0.15) is 15.9 Å². The van der Waals surface area contributed by atoms with Gasteiger partial charge in [0.05, 0.1) is 35.3 Å². The fraction of sp³-hybridized carbons (Fsp3) is 0.0800. The number of carbonyl (C=O) groups is 2.